The molecule has 5 nitrogen and oxygen atoms in total. The Balaban J connectivity index is 1.46. The van der Waals surface area contributed by atoms with E-state index in [0.29, 0.717) is 5.69 Å². The van der Waals surface area contributed by atoms with Crippen LogP contribution in [0.1, 0.15) is 31.2 Å². The Morgan fingerprint density at radius 2 is 1.96 bits per heavy atom. The number of hydrogen-bond donors (Lipinski definition) is 0. The number of amides is 1. The summed E-state index contributed by atoms with van der Waals surface area (Å²) >= 11 is 6.17. The maximum Gasteiger partial charge on any atom is 0.230 e. The van der Waals surface area contributed by atoms with Crippen LogP contribution in [0.5, 0.6) is 0 Å². The lowest BCUT2D eigenvalue weighted by atomic mass is 9.94. The number of hydrogen-bond acceptors (Lipinski definition) is 3. The number of fused-ring (bicyclic) bond motifs is 1. The van der Waals surface area contributed by atoms with Gasteiger partial charge >= 0.3 is 0 Å². The van der Waals surface area contributed by atoms with E-state index in [2.05, 4.69) is 14.7 Å². The van der Waals surface area contributed by atoms with Crippen molar-refractivity contribution in [1.29, 1.82) is 0 Å². The predicted molar refractivity (Wildman–Crippen MR) is 112 cm³/mol. The fraction of sp³-hybridized carbons (Fsp3) is 0.409. The molecule has 1 saturated heterocycles. The van der Waals surface area contributed by atoms with E-state index in [9.17, 15) is 4.79 Å². The topological polar surface area (TPSA) is 40.8 Å². The molecule has 0 aliphatic carbocycles. The molecule has 1 aromatic heterocycles. The van der Waals surface area contributed by atoms with Gasteiger partial charge in [-0.2, -0.15) is 0 Å². The molecular formula is C22H23ClN4O. The molecule has 4 rings (SSSR count). The largest absolute Gasteiger partial charge is 0.358 e. The first-order valence-corrected chi connectivity index (χ1v) is 10.2. The number of nitrogens with zero attached hydrogens (tertiary/aromatic N) is 4. The van der Waals surface area contributed by atoms with Crippen LogP contribution >= 0.6 is 11.6 Å². The molecule has 1 aromatic carbocycles. The van der Waals surface area contributed by atoms with Crippen LogP contribution in [0.2, 0.25) is 5.02 Å². The van der Waals surface area contributed by atoms with Gasteiger partial charge in [-0.25, -0.2) is 9.83 Å². The molecule has 0 radical (unpaired) electrons. The average molecular weight is 395 g/mol. The van der Waals surface area contributed by atoms with Crippen LogP contribution in [-0.2, 0) is 11.2 Å². The summed E-state index contributed by atoms with van der Waals surface area (Å²) in [5.41, 5.74) is 2.81. The van der Waals surface area contributed by atoms with E-state index < -0.39 is 0 Å². The van der Waals surface area contributed by atoms with Gasteiger partial charge < -0.3 is 9.80 Å². The van der Waals surface area contributed by atoms with E-state index in [-0.39, 0.29) is 11.8 Å². The number of halogens is 1. The summed E-state index contributed by atoms with van der Waals surface area (Å²) in [7, 11) is 0. The predicted octanol–water partition coefficient (Wildman–Crippen LogP) is 4.87. The van der Waals surface area contributed by atoms with Crippen LogP contribution < -0.4 is 9.80 Å². The molecule has 2 aliphatic heterocycles. The Labute approximate surface area is 170 Å². The molecule has 2 aromatic rings. The second kappa shape index (κ2) is 8.20. The van der Waals surface area contributed by atoms with Crippen LogP contribution in [0.4, 0.5) is 17.2 Å². The highest BCUT2D eigenvalue weighted by atomic mass is 35.5. The first-order chi connectivity index (χ1) is 13.7. The van der Waals surface area contributed by atoms with Gasteiger partial charge in [0.05, 0.1) is 6.57 Å². The first-order valence-electron chi connectivity index (χ1n) is 9.84. The Bertz CT molecular complexity index is 915. The van der Waals surface area contributed by atoms with Gasteiger partial charge in [0.25, 0.3) is 0 Å². The molecule has 28 heavy (non-hydrogen) atoms. The summed E-state index contributed by atoms with van der Waals surface area (Å²) in [5.74, 6) is 1.09. The Morgan fingerprint density at radius 3 is 2.75 bits per heavy atom. The summed E-state index contributed by atoms with van der Waals surface area (Å²) in [6.07, 6.45) is 6.37. The van der Waals surface area contributed by atoms with E-state index in [0.717, 1.165) is 68.3 Å². The molecule has 0 bridgehead atoms. The molecule has 6 heteroatoms. The summed E-state index contributed by atoms with van der Waals surface area (Å²) in [6, 6.07) is 9.42. The number of carbonyl (C=O) groups is 1. The number of rotatable bonds is 2. The van der Waals surface area contributed by atoms with Crippen LogP contribution in [0.15, 0.2) is 36.5 Å². The zero-order chi connectivity index (χ0) is 19.5. The molecule has 3 heterocycles. The lowest BCUT2D eigenvalue weighted by Gasteiger charge is -2.35. The summed E-state index contributed by atoms with van der Waals surface area (Å²) in [4.78, 5) is 25.4. The Kier molecular flexibility index (Phi) is 5.50. The summed E-state index contributed by atoms with van der Waals surface area (Å²) in [5, 5.41) is 0.732. The van der Waals surface area contributed by atoms with Gasteiger partial charge in [0.15, 0.2) is 5.69 Å². The fourth-order valence-corrected chi connectivity index (χ4v) is 4.37. The van der Waals surface area contributed by atoms with Gasteiger partial charge in [-0.1, -0.05) is 11.6 Å². The first kappa shape index (κ1) is 18.8. The lowest BCUT2D eigenvalue weighted by molar-refractivity contribution is -0.123. The van der Waals surface area contributed by atoms with E-state index in [4.69, 9.17) is 18.2 Å². The van der Waals surface area contributed by atoms with Gasteiger partial charge in [0.1, 0.15) is 5.82 Å². The highest BCUT2D eigenvalue weighted by molar-refractivity contribution is 6.30. The number of pyridine rings is 1. The minimum atomic E-state index is 0.0296. The van der Waals surface area contributed by atoms with Crippen LogP contribution in [0, 0.1) is 12.5 Å². The average Bonchev–Trinajstić information content (AvgIpc) is 2.95. The van der Waals surface area contributed by atoms with Crippen molar-refractivity contribution in [3.05, 3.63) is 58.5 Å². The monoisotopic (exact) mass is 394 g/mol. The summed E-state index contributed by atoms with van der Waals surface area (Å²) in [6.45, 7) is 9.51. The van der Waals surface area contributed by atoms with Crippen molar-refractivity contribution in [2.45, 2.75) is 32.1 Å². The number of aromatic nitrogens is 1. The highest BCUT2D eigenvalue weighted by Gasteiger charge is 2.31. The van der Waals surface area contributed by atoms with Crippen molar-refractivity contribution in [2.75, 3.05) is 29.4 Å². The molecule has 1 amide bonds. The maximum atomic E-state index is 13.3. The third-order valence-electron chi connectivity index (χ3n) is 5.70. The molecular weight excluding hydrogens is 372 g/mol. The molecule has 0 saturated carbocycles. The van der Waals surface area contributed by atoms with E-state index in [1.807, 2.05) is 29.2 Å². The smallest absolute Gasteiger partial charge is 0.230 e. The van der Waals surface area contributed by atoms with Crippen molar-refractivity contribution < 1.29 is 4.79 Å². The second-order valence-electron chi connectivity index (χ2n) is 7.47. The van der Waals surface area contributed by atoms with E-state index >= 15 is 0 Å². The van der Waals surface area contributed by atoms with Gasteiger partial charge in [0, 0.05) is 42.5 Å². The lowest BCUT2D eigenvalue weighted by Crippen LogP contribution is -2.43. The third kappa shape index (κ3) is 3.83. The molecule has 0 N–H and O–H groups in total. The normalized spacial score (nSPS) is 17.6. The minimum absolute atomic E-state index is 0.0296. The summed E-state index contributed by atoms with van der Waals surface area (Å²) < 4.78 is 0. The van der Waals surface area contributed by atoms with Crippen LogP contribution in [0.25, 0.3) is 4.85 Å². The van der Waals surface area contributed by atoms with Gasteiger partial charge in [-0.3, -0.25) is 4.79 Å². The molecule has 144 valence electrons. The standard InChI is InChI=1S/C22H23ClN4O/c1-24-19-7-10-25-21(15-19)26-12-8-16(9-13-26)22(28)27-11-3-2-4-17-14-18(23)5-6-20(17)27/h5-7,10,14-16H,2-4,8-9,11-13H2. The van der Waals surface area contributed by atoms with Gasteiger partial charge in [-0.15, -0.1) is 0 Å². The SMILES string of the molecule is [C-]#[N+]c1ccnc(N2CCC(C(=O)N3CCCCc4cc(Cl)ccc43)CC2)c1. The maximum absolute atomic E-state index is 13.3. The third-order valence-corrected chi connectivity index (χ3v) is 5.94. The Hall–Kier alpha value is -2.58. The number of anilines is 2. The molecule has 0 atom stereocenters. The minimum Gasteiger partial charge on any atom is -0.358 e. The van der Waals surface area contributed by atoms with E-state index in [1.54, 1.807) is 12.3 Å². The highest BCUT2D eigenvalue weighted by Crippen LogP contribution is 2.32. The number of carbonyl (C=O) groups excluding carboxylic acids is 1. The molecule has 0 unspecified atom stereocenters. The zero-order valence-electron chi connectivity index (χ0n) is 15.8. The van der Waals surface area contributed by atoms with Crippen LogP contribution in [0.3, 0.4) is 0 Å². The van der Waals surface area contributed by atoms with E-state index in [1.165, 1.54) is 5.56 Å². The van der Waals surface area contributed by atoms with Gasteiger partial charge in [0.2, 0.25) is 5.91 Å². The van der Waals surface area contributed by atoms with Crippen molar-refractivity contribution in [1.82, 2.24) is 4.98 Å². The van der Waals surface area contributed by atoms with Crippen molar-refractivity contribution >= 4 is 34.7 Å². The molecule has 2 aliphatic rings. The van der Waals surface area contributed by atoms with Gasteiger partial charge in [-0.05, 0) is 68.0 Å². The van der Waals surface area contributed by atoms with Crippen molar-refractivity contribution in [3.8, 4) is 0 Å². The number of benzene rings is 1. The number of piperidine rings is 1. The Morgan fingerprint density at radius 1 is 1.14 bits per heavy atom. The van der Waals surface area contributed by atoms with Crippen molar-refractivity contribution in [3.63, 3.8) is 0 Å². The van der Waals surface area contributed by atoms with Crippen LogP contribution in [-0.4, -0.2) is 30.5 Å². The number of aryl methyl sites for hydroxylation is 1. The second-order valence-corrected chi connectivity index (χ2v) is 7.90. The van der Waals surface area contributed by atoms with Crippen molar-refractivity contribution in [2.24, 2.45) is 5.92 Å². The fourth-order valence-electron chi connectivity index (χ4n) is 4.18. The molecule has 1 fully saturated rings. The zero-order valence-corrected chi connectivity index (χ0v) is 16.5. The molecule has 0 spiro atoms. The quantitative estimate of drug-likeness (QED) is 0.682.